The van der Waals surface area contributed by atoms with Crippen LogP contribution in [0.4, 0.5) is 5.82 Å². The second-order valence-electron chi connectivity index (χ2n) is 5.99. The predicted octanol–water partition coefficient (Wildman–Crippen LogP) is 1.90. The third-order valence-corrected chi connectivity index (χ3v) is 6.11. The van der Waals surface area contributed by atoms with Crippen molar-refractivity contribution < 1.29 is 14.6 Å². The van der Waals surface area contributed by atoms with Crippen molar-refractivity contribution in [2.45, 2.75) is 36.2 Å². The molecule has 138 valence electrons. The Morgan fingerprint density at radius 1 is 1.35 bits per heavy atom. The average molecular weight is 375 g/mol. The van der Waals surface area contributed by atoms with Crippen LogP contribution in [-0.4, -0.2) is 45.1 Å². The van der Waals surface area contributed by atoms with Crippen molar-refractivity contribution in [3.63, 3.8) is 0 Å². The minimum absolute atomic E-state index is 0.00527. The highest BCUT2D eigenvalue weighted by molar-refractivity contribution is 8.00. The summed E-state index contributed by atoms with van der Waals surface area (Å²) in [6.07, 6.45) is 1.21. The summed E-state index contributed by atoms with van der Waals surface area (Å²) in [5, 5.41) is 12.6. The Kier molecular flexibility index (Phi) is 5.75. The topological polar surface area (TPSA) is 93.5 Å². The van der Waals surface area contributed by atoms with E-state index < -0.39 is 17.9 Å². The maximum atomic E-state index is 12.5. The van der Waals surface area contributed by atoms with E-state index in [1.807, 2.05) is 13.0 Å². The Morgan fingerprint density at radius 3 is 2.69 bits per heavy atom. The molecule has 2 heterocycles. The molecule has 1 aliphatic heterocycles. The highest BCUT2D eigenvalue weighted by Crippen LogP contribution is 2.43. The van der Waals surface area contributed by atoms with Gasteiger partial charge in [0.2, 0.25) is 0 Å². The molecule has 1 fully saturated rings. The van der Waals surface area contributed by atoms with Crippen LogP contribution in [0.25, 0.3) is 0 Å². The van der Waals surface area contributed by atoms with Crippen LogP contribution < -0.4 is 11.0 Å². The summed E-state index contributed by atoms with van der Waals surface area (Å²) in [6, 6.07) is 10.3. The maximum absolute atomic E-state index is 12.5. The molecule has 0 aliphatic carbocycles. The molecule has 0 saturated carbocycles. The number of amides is 1. The summed E-state index contributed by atoms with van der Waals surface area (Å²) in [5.74, 6) is -0.147. The largest absolute Gasteiger partial charge is 0.389 e. The number of aromatic nitrogens is 2. The van der Waals surface area contributed by atoms with E-state index >= 15 is 0 Å². The molecule has 7 nitrogen and oxygen atoms in total. The van der Waals surface area contributed by atoms with Gasteiger partial charge in [0, 0.05) is 24.1 Å². The zero-order chi connectivity index (χ0) is 18.7. The zero-order valence-corrected chi connectivity index (χ0v) is 15.3. The third-order valence-electron chi connectivity index (χ3n) is 4.37. The highest BCUT2D eigenvalue weighted by atomic mass is 32.2. The quantitative estimate of drug-likeness (QED) is 0.829. The molecule has 1 saturated heterocycles. The number of hydrogen-bond acceptors (Lipinski definition) is 6. The molecule has 1 amide bonds. The SMILES string of the molecule is CC[C@H]1S[C@@H](n2ccc(NC(=O)c3ccccc3)nc2=O)[C@H](OC)[C@@H]1O. The van der Waals surface area contributed by atoms with Crippen LogP contribution in [0.1, 0.15) is 29.1 Å². The van der Waals surface area contributed by atoms with Gasteiger partial charge in [-0.3, -0.25) is 9.36 Å². The number of aliphatic hydroxyl groups is 1. The van der Waals surface area contributed by atoms with Crippen molar-refractivity contribution in [2.75, 3.05) is 12.4 Å². The van der Waals surface area contributed by atoms with Crippen LogP contribution in [-0.2, 0) is 4.74 Å². The monoisotopic (exact) mass is 375 g/mol. The third kappa shape index (κ3) is 3.67. The summed E-state index contributed by atoms with van der Waals surface area (Å²) < 4.78 is 6.84. The summed E-state index contributed by atoms with van der Waals surface area (Å²) in [7, 11) is 1.52. The van der Waals surface area contributed by atoms with E-state index in [9.17, 15) is 14.7 Å². The summed E-state index contributed by atoms with van der Waals surface area (Å²) in [6.45, 7) is 1.99. The number of hydrogen-bond donors (Lipinski definition) is 2. The lowest BCUT2D eigenvalue weighted by Gasteiger charge is -2.21. The second kappa shape index (κ2) is 8.03. The predicted molar refractivity (Wildman–Crippen MR) is 100 cm³/mol. The number of methoxy groups -OCH3 is 1. The number of carbonyl (C=O) groups is 1. The molecule has 1 aliphatic rings. The first-order valence-corrected chi connectivity index (χ1v) is 9.31. The molecule has 3 rings (SSSR count). The van der Waals surface area contributed by atoms with Gasteiger partial charge in [-0.15, -0.1) is 11.8 Å². The molecule has 1 aromatic carbocycles. The Hall–Kier alpha value is -2.16. The average Bonchev–Trinajstić information content (AvgIpc) is 2.98. The van der Waals surface area contributed by atoms with Gasteiger partial charge in [-0.1, -0.05) is 25.1 Å². The van der Waals surface area contributed by atoms with Crippen molar-refractivity contribution in [3.05, 3.63) is 58.6 Å². The summed E-state index contributed by atoms with van der Waals surface area (Å²) >= 11 is 1.50. The molecule has 2 aromatic rings. The number of nitrogens with zero attached hydrogens (tertiary/aromatic N) is 2. The van der Waals surface area contributed by atoms with Gasteiger partial charge in [0.15, 0.2) is 0 Å². The second-order valence-corrected chi connectivity index (χ2v) is 7.35. The van der Waals surface area contributed by atoms with Crippen molar-refractivity contribution in [2.24, 2.45) is 0 Å². The molecule has 4 atom stereocenters. The van der Waals surface area contributed by atoms with Crippen LogP contribution in [0.2, 0.25) is 0 Å². The van der Waals surface area contributed by atoms with E-state index in [2.05, 4.69) is 10.3 Å². The van der Waals surface area contributed by atoms with E-state index in [1.54, 1.807) is 36.5 Å². The molecule has 2 N–H and O–H groups in total. The fraction of sp³-hybridized carbons (Fsp3) is 0.389. The van der Waals surface area contributed by atoms with Crippen molar-refractivity contribution >= 4 is 23.5 Å². The first-order chi connectivity index (χ1) is 12.5. The Morgan fingerprint density at radius 2 is 2.08 bits per heavy atom. The van der Waals surface area contributed by atoms with E-state index in [1.165, 1.54) is 23.4 Å². The lowest BCUT2D eigenvalue weighted by Crippen LogP contribution is -2.36. The number of nitrogens with one attached hydrogen (secondary N) is 1. The molecule has 0 bridgehead atoms. The van der Waals surface area contributed by atoms with Gasteiger partial charge in [0.1, 0.15) is 17.3 Å². The number of thioether (sulfide) groups is 1. The van der Waals surface area contributed by atoms with Crippen molar-refractivity contribution in [1.29, 1.82) is 0 Å². The summed E-state index contributed by atoms with van der Waals surface area (Å²) in [5.41, 5.74) is -0.0162. The molecule has 26 heavy (non-hydrogen) atoms. The van der Waals surface area contributed by atoms with E-state index in [0.717, 1.165) is 6.42 Å². The van der Waals surface area contributed by atoms with E-state index in [0.29, 0.717) is 5.56 Å². The standard InChI is InChI=1S/C18H21N3O4S/c1-3-12-14(22)15(25-2)17(26-12)21-10-9-13(20-18(21)24)19-16(23)11-7-5-4-6-8-11/h4-10,12,14-15,17,22H,3H2,1-2H3,(H,19,20,23,24)/t12-,14-,15-,17-/m1/s1. The van der Waals surface area contributed by atoms with Crippen molar-refractivity contribution in [1.82, 2.24) is 9.55 Å². The Bertz CT molecular complexity index is 827. The fourth-order valence-corrected chi connectivity index (χ4v) is 4.57. The van der Waals surface area contributed by atoms with Crippen LogP contribution >= 0.6 is 11.8 Å². The van der Waals surface area contributed by atoms with Gasteiger partial charge in [-0.25, -0.2) is 4.79 Å². The molecule has 1 aromatic heterocycles. The zero-order valence-electron chi connectivity index (χ0n) is 14.5. The van der Waals surface area contributed by atoms with E-state index in [4.69, 9.17) is 4.74 Å². The maximum Gasteiger partial charge on any atom is 0.350 e. The van der Waals surface area contributed by atoms with Gasteiger partial charge in [0.05, 0.1) is 6.10 Å². The first-order valence-electron chi connectivity index (χ1n) is 8.37. The van der Waals surface area contributed by atoms with Crippen LogP contribution in [0, 0.1) is 0 Å². The lowest BCUT2D eigenvalue weighted by atomic mass is 10.1. The van der Waals surface area contributed by atoms with Gasteiger partial charge in [-0.05, 0) is 24.6 Å². The minimum atomic E-state index is -0.649. The molecule has 0 radical (unpaired) electrons. The number of aliphatic hydroxyl groups excluding tert-OH is 1. The van der Waals surface area contributed by atoms with Crippen LogP contribution in [0.3, 0.4) is 0 Å². The lowest BCUT2D eigenvalue weighted by molar-refractivity contribution is -0.0142. The van der Waals surface area contributed by atoms with Gasteiger partial charge in [0.25, 0.3) is 5.91 Å². The van der Waals surface area contributed by atoms with Gasteiger partial charge >= 0.3 is 5.69 Å². The van der Waals surface area contributed by atoms with Gasteiger partial charge in [-0.2, -0.15) is 4.98 Å². The molecular formula is C18H21N3O4S. The fourth-order valence-electron chi connectivity index (χ4n) is 2.99. The number of anilines is 1. The first kappa shape index (κ1) is 18.6. The van der Waals surface area contributed by atoms with Crippen LogP contribution in [0.5, 0.6) is 0 Å². The highest BCUT2D eigenvalue weighted by Gasteiger charge is 2.44. The Labute approximate surface area is 155 Å². The number of ether oxygens (including phenoxy) is 1. The smallest absolute Gasteiger partial charge is 0.350 e. The number of benzene rings is 1. The minimum Gasteiger partial charge on any atom is -0.389 e. The van der Waals surface area contributed by atoms with E-state index in [-0.39, 0.29) is 22.3 Å². The van der Waals surface area contributed by atoms with Gasteiger partial charge < -0.3 is 15.2 Å². The molecule has 8 heteroatoms. The molecule has 0 spiro atoms. The molecular weight excluding hydrogens is 354 g/mol. The Balaban J connectivity index is 1.80. The normalized spacial score (nSPS) is 25.2. The van der Waals surface area contributed by atoms with Crippen LogP contribution in [0.15, 0.2) is 47.4 Å². The molecule has 0 unspecified atom stereocenters. The number of rotatable bonds is 5. The van der Waals surface area contributed by atoms with Crippen molar-refractivity contribution in [3.8, 4) is 0 Å². The summed E-state index contributed by atoms with van der Waals surface area (Å²) in [4.78, 5) is 28.6. The number of carbonyl (C=O) groups excluding carboxylic acids is 1.